The number of aromatic nitrogens is 1. The zero-order valence-electron chi connectivity index (χ0n) is 25.0. The zero-order chi connectivity index (χ0) is 30.5. The summed E-state index contributed by atoms with van der Waals surface area (Å²) in [6.07, 6.45) is 3.80. The van der Waals surface area contributed by atoms with Gasteiger partial charge >= 0.3 is 0 Å². The van der Waals surface area contributed by atoms with E-state index in [0.717, 1.165) is 55.2 Å². The lowest BCUT2D eigenvalue weighted by Gasteiger charge is -2.28. The van der Waals surface area contributed by atoms with Crippen LogP contribution in [-0.2, 0) is 0 Å². The Hall–Kier alpha value is -6.19. The van der Waals surface area contributed by atoms with Crippen LogP contribution in [0.15, 0.2) is 175 Å². The topological polar surface area (TPSA) is 29.3 Å². The summed E-state index contributed by atoms with van der Waals surface area (Å²) in [5.41, 5.74) is 9.49. The van der Waals surface area contributed by atoms with Crippen LogP contribution in [0.1, 0.15) is 0 Å². The Labute approximate surface area is 266 Å². The van der Waals surface area contributed by atoms with Crippen molar-refractivity contribution in [3.63, 3.8) is 0 Å². The standard InChI is InChI=1S/C43H28N2O/c1-3-11-29(12-4-1)30-19-22-33(23-20-30)45(39-26-25-34(31-13-5-2-6-14-31)36-17-9-10-18-37(36)39)40-27-44-28-41-42(40)38-24-21-32-15-7-8-16-35(32)43(38)46-41/h1-28H. The second kappa shape index (κ2) is 10.8. The fraction of sp³-hybridized carbons (Fsp3) is 0. The van der Waals surface area contributed by atoms with Crippen molar-refractivity contribution in [2.75, 3.05) is 4.90 Å². The van der Waals surface area contributed by atoms with Crippen LogP contribution in [0.25, 0.3) is 65.7 Å². The number of hydrogen-bond donors (Lipinski definition) is 0. The predicted molar refractivity (Wildman–Crippen MR) is 192 cm³/mol. The van der Waals surface area contributed by atoms with Crippen molar-refractivity contribution in [1.82, 2.24) is 4.98 Å². The van der Waals surface area contributed by atoms with Crippen LogP contribution in [0.3, 0.4) is 0 Å². The third-order valence-electron chi connectivity index (χ3n) is 8.95. The van der Waals surface area contributed by atoms with Gasteiger partial charge in [0.15, 0.2) is 5.58 Å². The molecule has 0 saturated heterocycles. The lowest BCUT2D eigenvalue weighted by atomic mass is 9.96. The van der Waals surface area contributed by atoms with Gasteiger partial charge in [0, 0.05) is 21.8 Å². The van der Waals surface area contributed by atoms with E-state index in [1.165, 1.54) is 27.6 Å². The van der Waals surface area contributed by atoms with Crippen molar-refractivity contribution in [3.8, 4) is 22.3 Å². The van der Waals surface area contributed by atoms with Gasteiger partial charge in [-0.3, -0.25) is 4.98 Å². The van der Waals surface area contributed by atoms with E-state index in [0.29, 0.717) is 0 Å². The van der Waals surface area contributed by atoms with E-state index in [1.54, 1.807) is 0 Å². The molecule has 0 unspecified atom stereocenters. The number of anilines is 3. The number of furan rings is 1. The van der Waals surface area contributed by atoms with Gasteiger partial charge in [0.05, 0.1) is 29.2 Å². The lowest BCUT2D eigenvalue weighted by Crippen LogP contribution is -2.11. The van der Waals surface area contributed by atoms with Crippen molar-refractivity contribution in [1.29, 1.82) is 0 Å². The van der Waals surface area contributed by atoms with Crippen LogP contribution in [0.4, 0.5) is 17.1 Å². The summed E-state index contributed by atoms with van der Waals surface area (Å²) in [4.78, 5) is 7.07. The Morgan fingerprint density at radius 1 is 0.435 bits per heavy atom. The smallest absolute Gasteiger partial charge is 0.155 e. The summed E-state index contributed by atoms with van der Waals surface area (Å²) in [6.45, 7) is 0. The number of fused-ring (bicyclic) bond motifs is 6. The molecule has 0 fully saturated rings. The molecule has 9 rings (SSSR count). The highest BCUT2D eigenvalue weighted by Crippen LogP contribution is 2.46. The van der Waals surface area contributed by atoms with E-state index in [-0.39, 0.29) is 0 Å². The first-order chi connectivity index (χ1) is 22.8. The molecule has 0 saturated carbocycles. The van der Waals surface area contributed by atoms with E-state index >= 15 is 0 Å². The second-order valence-corrected chi connectivity index (χ2v) is 11.6. The summed E-state index contributed by atoms with van der Waals surface area (Å²) >= 11 is 0. The first kappa shape index (κ1) is 26.2. The summed E-state index contributed by atoms with van der Waals surface area (Å²) < 4.78 is 6.58. The minimum Gasteiger partial charge on any atom is -0.454 e. The summed E-state index contributed by atoms with van der Waals surface area (Å²) in [7, 11) is 0. The van der Waals surface area contributed by atoms with E-state index in [2.05, 4.69) is 163 Å². The Bertz CT molecular complexity index is 2520. The summed E-state index contributed by atoms with van der Waals surface area (Å²) in [6, 6.07) is 55.8. The highest BCUT2D eigenvalue weighted by atomic mass is 16.3. The minimum absolute atomic E-state index is 0.764. The monoisotopic (exact) mass is 588 g/mol. The summed E-state index contributed by atoms with van der Waals surface area (Å²) in [5.74, 6) is 0. The molecule has 0 aliphatic rings. The number of hydrogen-bond acceptors (Lipinski definition) is 3. The molecule has 0 amide bonds. The van der Waals surface area contributed by atoms with Gasteiger partial charge in [-0.15, -0.1) is 0 Å². The molecule has 0 atom stereocenters. The van der Waals surface area contributed by atoms with Crippen LogP contribution in [0.2, 0.25) is 0 Å². The molecule has 7 aromatic carbocycles. The predicted octanol–water partition coefficient (Wildman–Crippen LogP) is 12.1. The quantitative estimate of drug-likeness (QED) is 0.200. The maximum absolute atomic E-state index is 6.58. The Morgan fingerprint density at radius 2 is 1.09 bits per heavy atom. The SMILES string of the molecule is c1ccc(-c2ccc(N(c3ccc(-c4ccccc4)c4ccccc34)c3cncc4oc5c6ccccc6ccc5c34)cc2)cc1. The normalized spacial score (nSPS) is 11.5. The molecule has 2 heterocycles. The number of nitrogens with zero attached hydrogens (tertiary/aromatic N) is 2. The van der Waals surface area contributed by atoms with Gasteiger partial charge in [0.25, 0.3) is 0 Å². The Balaban J connectivity index is 1.32. The van der Waals surface area contributed by atoms with Gasteiger partial charge in [0.2, 0.25) is 0 Å². The first-order valence-corrected chi connectivity index (χ1v) is 15.5. The van der Waals surface area contributed by atoms with E-state index in [9.17, 15) is 0 Å². The number of rotatable bonds is 5. The maximum Gasteiger partial charge on any atom is 0.155 e. The molecule has 2 aromatic heterocycles. The Morgan fingerprint density at radius 3 is 1.87 bits per heavy atom. The molecular formula is C43H28N2O. The molecule has 9 aromatic rings. The molecule has 216 valence electrons. The zero-order valence-corrected chi connectivity index (χ0v) is 25.0. The molecule has 0 aliphatic heterocycles. The third kappa shape index (κ3) is 4.25. The average Bonchev–Trinajstić information content (AvgIpc) is 3.53. The molecular weight excluding hydrogens is 560 g/mol. The largest absolute Gasteiger partial charge is 0.454 e. The molecule has 0 aliphatic carbocycles. The van der Waals surface area contributed by atoms with E-state index in [4.69, 9.17) is 9.40 Å². The molecule has 46 heavy (non-hydrogen) atoms. The molecule has 0 spiro atoms. The van der Waals surface area contributed by atoms with E-state index in [1.807, 2.05) is 12.4 Å². The highest BCUT2D eigenvalue weighted by molar-refractivity contribution is 6.20. The minimum atomic E-state index is 0.764. The fourth-order valence-corrected chi connectivity index (χ4v) is 6.80. The van der Waals surface area contributed by atoms with Gasteiger partial charge in [0.1, 0.15) is 5.58 Å². The first-order valence-electron chi connectivity index (χ1n) is 15.5. The van der Waals surface area contributed by atoms with Gasteiger partial charge in [-0.1, -0.05) is 133 Å². The number of benzene rings is 7. The van der Waals surface area contributed by atoms with Crippen molar-refractivity contribution in [3.05, 3.63) is 170 Å². The maximum atomic E-state index is 6.58. The van der Waals surface area contributed by atoms with Crippen molar-refractivity contribution < 1.29 is 4.42 Å². The number of pyridine rings is 1. The fourth-order valence-electron chi connectivity index (χ4n) is 6.80. The highest BCUT2D eigenvalue weighted by Gasteiger charge is 2.23. The molecule has 3 nitrogen and oxygen atoms in total. The van der Waals surface area contributed by atoms with Crippen LogP contribution < -0.4 is 4.90 Å². The van der Waals surface area contributed by atoms with Gasteiger partial charge in [-0.05, 0) is 57.3 Å². The van der Waals surface area contributed by atoms with Crippen LogP contribution >= 0.6 is 0 Å². The lowest BCUT2D eigenvalue weighted by molar-refractivity contribution is 0.670. The third-order valence-corrected chi connectivity index (χ3v) is 8.95. The van der Waals surface area contributed by atoms with Crippen molar-refractivity contribution in [2.24, 2.45) is 0 Å². The summed E-state index contributed by atoms with van der Waals surface area (Å²) in [5, 5.41) is 6.71. The second-order valence-electron chi connectivity index (χ2n) is 11.6. The van der Waals surface area contributed by atoms with Crippen LogP contribution in [-0.4, -0.2) is 4.98 Å². The molecule has 0 bridgehead atoms. The molecule has 0 N–H and O–H groups in total. The van der Waals surface area contributed by atoms with E-state index < -0.39 is 0 Å². The Kier molecular flexibility index (Phi) is 6.14. The van der Waals surface area contributed by atoms with Crippen LogP contribution in [0, 0.1) is 0 Å². The average molecular weight is 589 g/mol. The van der Waals surface area contributed by atoms with Crippen molar-refractivity contribution in [2.45, 2.75) is 0 Å². The van der Waals surface area contributed by atoms with Crippen molar-refractivity contribution >= 4 is 60.5 Å². The van der Waals surface area contributed by atoms with Gasteiger partial charge < -0.3 is 9.32 Å². The van der Waals surface area contributed by atoms with Gasteiger partial charge in [-0.25, -0.2) is 0 Å². The van der Waals surface area contributed by atoms with Crippen LogP contribution in [0.5, 0.6) is 0 Å². The molecule has 3 heteroatoms. The van der Waals surface area contributed by atoms with Gasteiger partial charge in [-0.2, -0.15) is 0 Å². The molecule has 0 radical (unpaired) electrons.